The van der Waals surface area contributed by atoms with Gasteiger partial charge in [-0.05, 0) is 49.9 Å². The summed E-state index contributed by atoms with van der Waals surface area (Å²) >= 11 is 1.72. The SMILES string of the molecule is CSc1ccc(-c2cn(-c3ccccc3)c(C)c2C(C)=O)cc1. The smallest absolute Gasteiger partial charge is 0.162 e. The number of hydrogen-bond donors (Lipinski definition) is 0. The summed E-state index contributed by atoms with van der Waals surface area (Å²) in [6.07, 6.45) is 4.13. The van der Waals surface area contributed by atoms with Gasteiger partial charge in [-0.25, -0.2) is 0 Å². The first-order valence-corrected chi connectivity index (χ1v) is 8.77. The Morgan fingerprint density at radius 2 is 1.65 bits per heavy atom. The minimum atomic E-state index is 0.0983. The fraction of sp³-hybridized carbons (Fsp3) is 0.150. The molecule has 0 atom stereocenters. The molecule has 0 aliphatic heterocycles. The molecule has 0 N–H and O–H groups in total. The predicted molar refractivity (Wildman–Crippen MR) is 97.7 cm³/mol. The van der Waals surface area contributed by atoms with Crippen molar-refractivity contribution in [2.75, 3.05) is 6.26 Å². The van der Waals surface area contributed by atoms with E-state index in [1.54, 1.807) is 18.7 Å². The number of thioether (sulfide) groups is 1. The first-order valence-electron chi connectivity index (χ1n) is 7.54. The van der Waals surface area contributed by atoms with Gasteiger partial charge in [0.25, 0.3) is 0 Å². The molecule has 0 fully saturated rings. The Morgan fingerprint density at radius 1 is 1.00 bits per heavy atom. The highest BCUT2D eigenvalue weighted by molar-refractivity contribution is 7.98. The van der Waals surface area contributed by atoms with Crippen molar-refractivity contribution >= 4 is 17.5 Å². The van der Waals surface area contributed by atoms with Crippen molar-refractivity contribution in [1.29, 1.82) is 0 Å². The van der Waals surface area contributed by atoms with Gasteiger partial charge in [0, 0.05) is 33.6 Å². The zero-order chi connectivity index (χ0) is 16.4. The summed E-state index contributed by atoms with van der Waals surface area (Å²) in [5.74, 6) is 0.0983. The van der Waals surface area contributed by atoms with Crippen molar-refractivity contribution in [3.8, 4) is 16.8 Å². The molecule has 0 saturated carbocycles. The summed E-state index contributed by atoms with van der Waals surface area (Å²) in [6.45, 7) is 3.64. The lowest BCUT2D eigenvalue weighted by Gasteiger charge is -2.06. The van der Waals surface area contributed by atoms with E-state index in [4.69, 9.17) is 0 Å². The maximum atomic E-state index is 12.2. The zero-order valence-corrected chi connectivity index (χ0v) is 14.4. The molecule has 0 bridgehead atoms. The van der Waals surface area contributed by atoms with E-state index in [1.165, 1.54) is 4.90 Å². The van der Waals surface area contributed by atoms with Crippen molar-refractivity contribution in [3.05, 3.63) is 72.1 Å². The molecule has 0 aliphatic carbocycles. The van der Waals surface area contributed by atoms with E-state index < -0.39 is 0 Å². The summed E-state index contributed by atoms with van der Waals surface area (Å²) in [5.41, 5.74) is 4.91. The summed E-state index contributed by atoms with van der Waals surface area (Å²) < 4.78 is 2.09. The van der Waals surface area contributed by atoms with E-state index in [2.05, 4.69) is 53.4 Å². The van der Waals surface area contributed by atoms with E-state index in [9.17, 15) is 4.79 Å². The van der Waals surface area contributed by atoms with Crippen LogP contribution in [0.25, 0.3) is 16.8 Å². The molecule has 1 aromatic heterocycles. The number of ketones is 1. The number of rotatable bonds is 4. The fourth-order valence-electron chi connectivity index (χ4n) is 2.90. The van der Waals surface area contributed by atoms with Gasteiger partial charge in [0.05, 0.1) is 0 Å². The minimum Gasteiger partial charge on any atom is -0.320 e. The number of aromatic nitrogens is 1. The molecule has 116 valence electrons. The van der Waals surface area contributed by atoms with E-state index in [0.29, 0.717) is 0 Å². The van der Waals surface area contributed by atoms with Gasteiger partial charge in [-0.1, -0.05) is 30.3 Å². The summed E-state index contributed by atoms with van der Waals surface area (Å²) in [5, 5.41) is 0. The third-order valence-electron chi connectivity index (χ3n) is 4.04. The molecule has 3 heteroatoms. The van der Waals surface area contributed by atoms with Crippen LogP contribution in [0, 0.1) is 6.92 Å². The van der Waals surface area contributed by atoms with Crippen molar-refractivity contribution in [2.45, 2.75) is 18.7 Å². The Morgan fingerprint density at radius 3 is 2.22 bits per heavy atom. The molecule has 3 rings (SSSR count). The highest BCUT2D eigenvalue weighted by atomic mass is 32.2. The second-order valence-electron chi connectivity index (χ2n) is 5.49. The molecular formula is C20H19NOS. The summed E-state index contributed by atoms with van der Waals surface area (Å²) in [7, 11) is 0. The number of carbonyl (C=O) groups is 1. The first kappa shape index (κ1) is 15.6. The van der Waals surface area contributed by atoms with Crippen LogP contribution in [0.15, 0.2) is 65.7 Å². The maximum Gasteiger partial charge on any atom is 0.162 e. The van der Waals surface area contributed by atoms with Crippen LogP contribution in [-0.4, -0.2) is 16.6 Å². The molecule has 1 heterocycles. The Bertz CT molecular complexity index is 832. The fourth-order valence-corrected chi connectivity index (χ4v) is 3.30. The third kappa shape index (κ3) is 2.97. The molecule has 0 spiro atoms. The Labute approximate surface area is 141 Å². The van der Waals surface area contributed by atoms with Crippen LogP contribution in [-0.2, 0) is 0 Å². The van der Waals surface area contributed by atoms with E-state index in [1.807, 2.05) is 25.1 Å². The van der Waals surface area contributed by atoms with E-state index in [-0.39, 0.29) is 5.78 Å². The second-order valence-corrected chi connectivity index (χ2v) is 6.37. The van der Waals surface area contributed by atoms with Crippen molar-refractivity contribution in [3.63, 3.8) is 0 Å². The average Bonchev–Trinajstić information content (AvgIpc) is 2.93. The van der Waals surface area contributed by atoms with Crippen LogP contribution in [0.3, 0.4) is 0 Å². The number of carbonyl (C=O) groups excluding carboxylic acids is 1. The highest BCUT2D eigenvalue weighted by Crippen LogP contribution is 2.31. The zero-order valence-electron chi connectivity index (χ0n) is 13.5. The monoisotopic (exact) mass is 321 g/mol. The quantitative estimate of drug-likeness (QED) is 0.475. The Balaban J connectivity index is 2.18. The van der Waals surface area contributed by atoms with Gasteiger partial charge in [0.2, 0.25) is 0 Å². The third-order valence-corrected chi connectivity index (χ3v) is 4.78. The molecule has 2 nitrogen and oxygen atoms in total. The van der Waals surface area contributed by atoms with Crippen LogP contribution >= 0.6 is 11.8 Å². The van der Waals surface area contributed by atoms with E-state index >= 15 is 0 Å². The lowest BCUT2D eigenvalue weighted by Crippen LogP contribution is -1.99. The van der Waals surface area contributed by atoms with Crippen LogP contribution in [0.4, 0.5) is 0 Å². The maximum absolute atomic E-state index is 12.2. The van der Waals surface area contributed by atoms with Crippen molar-refractivity contribution < 1.29 is 4.79 Å². The number of Topliss-reactive ketones (excluding diaryl/α,β-unsaturated/α-hetero) is 1. The van der Waals surface area contributed by atoms with Gasteiger partial charge in [-0.15, -0.1) is 11.8 Å². The van der Waals surface area contributed by atoms with E-state index in [0.717, 1.165) is 28.1 Å². The van der Waals surface area contributed by atoms with Gasteiger partial charge in [-0.2, -0.15) is 0 Å². The van der Waals surface area contributed by atoms with Gasteiger partial charge >= 0.3 is 0 Å². The van der Waals surface area contributed by atoms with Crippen LogP contribution in [0.1, 0.15) is 23.0 Å². The Kier molecular flexibility index (Phi) is 4.39. The molecule has 0 unspecified atom stereocenters. The Hall–Kier alpha value is -2.26. The number of benzene rings is 2. The van der Waals surface area contributed by atoms with Gasteiger partial charge < -0.3 is 4.57 Å². The van der Waals surface area contributed by atoms with Crippen molar-refractivity contribution in [2.24, 2.45) is 0 Å². The normalized spacial score (nSPS) is 10.7. The lowest BCUT2D eigenvalue weighted by atomic mass is 10.0. The minimum absolute atomic E-state index is 0.0983. The number of hydrogen-bond acceptors (Lipinski definition) is 2. The molecule has 0 aliphatic rings. The number of nitrogens with zero attached hydrogens (tertiary/aromatic N) is 1. The molecule has 2 aromatic carbocycles. The van der Waals surface area contributed by atoms with Crippen LogP contribution in [0.2, 0.25) is 0 Å². The number of para-hydroxylation sites is 1. The molecular weight excluding hydrogens is 302 g/mol. The molecule has 0 radical (unpaired) electrons. The molecule has 0 saturated heterocycles. The van der Waals surface area contributed by atoms with Gasteiger partial charge in [0.15, 0.2) is 5.78 Å². The van der Waals surface area contributed by atoms with Crippen molar-refractivity contribution in [1.82, 2.24) is 4.57 Å². The molecule has 23 heavy (non-hydrogen) atoms. The molecule has 3 aromatic rings. The van der Waals surface area contributed by atoms with Crippen LogP contribution < -0.4 is 0 Å². The second kappa shape index (κ2) is 6.47. The first-order chi connectivity index (χ1) is 11.1. The highest BCUT2D eigenvalue weighted by Gasteiger charge is 2.18. The standard InChI is InChI=1S/C20H19NOS/c1-14-20(15(2)22)19(16-9-11-18(23-3)12-10-16)13-21(14)17-7-5-4-6-8-17/h4-13H,1-3H3. The van der Waals surface area contributed by atoms with Gasteiger partial charge in [0.1, 0.15) is 0 Å². The average molecular weight is 321 g/mol. The predicted octanol–water partition coefficient (Wildman–Crippen LogP) is 5.38. The molecule has 0 amide bonds. The topological polar surface area (TPSA) is 22.0 Å². The lowest BCUT2D eigenvalue weighted by molar-refractivity contribution is 0.101. The largest absolute Gasteiger partial charge is 0.320 e. The van der Waals surface area contributed by atoms with Gasteiger partial charge in [-0.3, -0.25) is 4.79 Å². The summed E-state index contributed by atoms with van der Waals surface area (Å²) in [4.78, 5) is 13.4. The van der Waals surface area contributed by atoms with Crippen LogP contribution in [0.5, 0.6) is 0 Å². The summed E-state index contributed by atoms with van der Waals surface area (Å²) in [6, 6.07) is 18.5.